The Morgan fingerprint density at radius 2 is 1.55 bits per heavy atom. The minimum Gasteiger partial charge on any atom is -0.401 e. The molecule has 1 aliphatic heterocycles. The molecular weight excluding hydrogens is 417 g/mol. The maximum absolute atomic E-state index is 16.1. The minimum atomic E-state index is -4.16. The Kier molecular flexibility index (Phi) is 3.50. The highest BCUT2D eigenvalue weighted by Gasteiger charge is 2.53. The predicted molar refractivity (Wildman–Crippen MR) is 126 cm³/mol. The lowest BCUT2D eigenvalue weighted by Gasteiger charge is -2.26. The van der Waals surface area contributed by atoms with E-state index in [0.717, 1.165) is 26.4 Å². The zero-order valence-electron chi connectivity index (χ0n) is 17.3. The highest BCUT2D eigenvalue weighted by Crippen LogP contribution is 2.41. The first-order valence-electron chi connectivity index (χ1n) is 10.7. The van der Waals surface area contributed by atoms with Crippen LogP contribution in [0.15, 0.2) is 95.4 Å². The summed E-state index contributed by atoms with van der Waals surface area (Å²) >= 11 is 0. The molecule has 0 saturated heterocycles. The van der Waals surface area contributed by atoms with Crippen molar-refractivity contribution in [3.63, 3.8) is 0 Å². The van der Waals surface area contributed by atoms with E-state index in [4.69, 9.17) is 4.42 Å². The molecule has 3 nitrogen and oxygen atoms in total. The molecule has 4 aromatic carbocycles. The summed E-state index contributed by atoms with van der Waals surface area (Å²) < 4.78 is 40.5. The number of hydrogen-bond donors (Lipinski definition) is 0. The number of hydrogen-bond acceptors (Lipinski definition) is 1. The first-order chi connectivity index (χ1) is 16.1. The van der Waals surface area contributed by atoms with Gasteiger partial charge in [0.25, 0.3) is 0 Å². The van der Waals surface area contributed by atoms with Gasteiger partial charge in [0.1, 0.15) is 5.56 Å². The molecule has 2 aromatic heterocycles. The molecule has 0 amide bonds. The fourth-order valence-corrected chi connectivity index (χ4v) is 4.96. The van der Waals surface area contributed by atoms with Crippen molar-refractivity contribution >= 4 is 39.9 Å². The van der Waals surface area contributed by atoms with Crippen LogP contribution in [0.2, 0.25) is 0 Å². The largest absolute Gasteiger partial charge is 0.740 e. The van der Waals surface area contributed by atoms with E-state index in [1.807, 2.05) is 54.6 Å². The van der Waals surface area contributed by atoms with Crippen LogP contribution in [0.25, 0.3) is 44.4 Å². The smallest absolute Gasteiger partial charge is 0.401 e. The van der Waals surface area contributed by atoms with Crippen LogP contribution in [0.3, 0.4) is 0 Å². The number of rotatable bonds is 0. The number of para-hydroxylation sites is 3. The quantitative estimate of drug-likeness (QED) is 0.214. The van der Waals surface area contributed by atoms with Gasteiger partial charge in [-0.15, -0.1) is 0 Å². The fourth-order valence-electron chi connectivity index (χ4n) is 4.96. The molecule has 3 heterocycles. The molecule has 1 aliphatic rings. The van der Waals surface area contributed by atoms with E-state index in [1.165, 1.54) is 4.48 Å². The van der Waals surface area contributed by atoms with Crippen LogP contribution in [0.4, 0.5) is 8.63 Å². The third-order valence-electron chi connectivity index (χ3n) is 6.35. The van der Waals surface area contributed by atoms with Crippen LogP contribution in [-0.2, 0) is 0 Å². The van der Waals surface area contributed by atoms with Crippen LogP contribution in [0.1, 0.15) is 11.1 Å². The number of halogens is 2. The Bertz CT molecular complexity index is 1810. The lowest BCUT2D eigenvalue weighted by molar-refractivity contribution is -0.534. The molecule has 0 atom stereocenters. The van der Waals surface area contributed by atoms with Gasteiger partial charge >= 0.3 is 12.9 Å². The van der Waals surface area contributed by atoms with Crippen LogP contribution >= 0.6 is 0 Å². The summed E-state index contributed by atoms with van der Waals surface area (Å²) in [5.74, 6) is 6.50. The van der Waals surface area contributed by atoms with Crippen LogP contribution in [0, 0.1) is 11.8 Å². The maximum Gasteiger partial charge on any atom is 0.740 e. The van der Waals surface area contributed by atoms with Gasteiger partial charge in [0.15, 0.2) is 5.58 Å². The molecule has 0 saturated carbocycles. The fraction of sp³-hybridized carbons (Fsp3) is 0. The van der Waals surface area contributed by atoms with Gasteiger partial charge in [-0.1, -0.05) is 54.3 Å². The number of fused-ring (bicyclic) bond motifs is 7. The number of nitrogens with zero attached hydrogens (tertiary/aromatic N) is 2. The van der Waals surface area contributed by atoms with Crippen LogP contribution in [0.5, 0.6) is 0 Å². The van der Waals surface area contributed by atoms with Crippen molar-refractivity contribution in [2.45, 2.75) is 0 Å². The van der Waals surface area contributed by atoms with Crippen molar-refractivity contribution < 1.29 is 17.5 Å². The maximum atomic E-state index is 16.1. The van der Waals surface area contributed by atoms with Crippen LogP contribution < -0.4 is 4.48 Å². The summed E-state index contributed by atoms with van der Waals surface area (Å²) in [6.07, 6.45) is 0. The van der Waals surface area contributed by atoms with Crippen molar-refractivity contribution in [1.29, 1.82) is 0 Å². The summed E-state index contributed by atoms with van der Waals surface area (Å²) in [7, 11) is 0. The Hall–Kier alpha value is -4.37. The highest BCUT2D eigenvalue weighted by atomic mass is 19.2. The second-order valence-corrected chi connectivity index (χ2v) is 8.25. The van der Waals surface area contributed by atoms with Crippen molar-refractivity contribution in [2.75, 3.05) is 0 Å². The van der Waals surface area contributed by atoms with Gasteiger partial charge in [-0.2, -0.15) is 0 Å². The predicted octanol–water partition coefficient (Wildman–Crippen LogP) is 5.98. The van der Waals surface area contributed by atoms with Crippen molar-refractivity contribution in [1.82, 2.24) is 4.48 Å². The summed E-state index contributed by atoms with van der Waals surface area (Å²) in [6, 6.07) is 27.7. The zero-order chi connectivity index (χ0) is 22.2. The van der Waals surface area contributed by atoms with Crippen molar-refractivity contribution in [3.8, 4) is 23.3 Å². The first kappa shape index (κ1) is 18.2. The SMILES string of the molecule is F[B-]1(F)n2c3ccc(C#Cc4ccccc4)cc3c3cccc(c32)-c2oc3ccccc3[n+]21. The average molecular weight is 432 g/mol. The Morgan fingerprint density at radius 3 is 2.42 bits per heavy atom. The van der Waals surface area contributed by atoms with Crippen molar-refractivity contribution in [3.05, 3.63) is 102 Å². The second-order valence-electron chi connectivity index (χ2n) is 8.25. The van der Waals surface area contributed by atoms with Gasteiger partial charge in [-0.05, 0) is 42.5 Å². The van der Waals surface area contributed by atoms with Gasteiger partial charge in [0.05, 0.1) is 0 Å². The van der Waals surface area contributed by atoms with E-state index in [2.05, 4.69) is 11.8 Å². The standard InChI is InChI=1S/C27H15BF2N2O/c29-28(30)31-23-16-15-19(14-13-18-7-2-1-3-8-18)17-22(23)20-9-6-10-21(26(20)31)27-32(28)24-11-4-5-12-25(24)33-27/h1-12,15-17H. The van der Waals surface area contributed by atoms with E-state index >= 15 is 8.63 Å². The van der Waals surface area contributed by atoms with Gasteiger partial charge < -0.3 is 17.5 Å². The van der Waals surface area contributed by atoms with Gasteiger partial charge in [-0.3, -0.25) is 4.48 Å². The lowest BCUT2D eigenvalue weighted by Crippen LogP contribution is -2.65. The molecule has 0 radical (unpaired) electrons. The summed E-state index contributed by atoms with van der Waals surface area (Å²) in [6.45, 7) is -4.16. The topological polar surface area (TPSA) is 21.9 Å². The van der Waals surface area contributed by atoms with E-state index in [1.54, 1.807) is 36.4 Å². The van der Waals surface area contributed by atoms with E-state index in [-0.39, 0.29) is 5.89 Å². The third kappa shape index (κ3) is 2.42. The van der Waals surface area contributed by atoms with Gasteiger partial charge in [0, 0.05) is 39.0 Å². The molecule has 33 heavy (non-hydrogen) atoms. The minimum absolute atomic E-state index is 0.186. The van der Waals surface area contributed by atoms with E-state index in [0.29, 0.717) is 27.7 Å². The molecule has 7 rings (SSSR count). The molecule has 6 heteroatoms. The average Bonchev–Trinajstić information content (AvgIpc) is 3.40. The molecule has 6 aromatic rings. The molecule has 156 valence electrons. The Balaban J connectivity index is 1.53. The van der Waals surface area contributed by atoms with Gasteiger partial charge in [-0.25, -0.2) is 0 Å². The van der Waals surface area contributed by atoms with E-state index in [9.17, 15) is 0 Å². The van der Waals surface area contributed by atoms with Gasteiger partial charge in [0.2, 0.25) is 5.52 Å². The molecule has 0 aliphatic carbocycles. The summed E-state index contributed by atoms with van der Waals surface area (Å²) in [5, 5.41) is 1.52. The molecular formula is C27H15BF2N2O. The molecule has 0 N–H and O–H groups in total. The van der Waals surface area contributed by atoms with E-state index < -0.39 is 6.97 Å². The van der Waals surface area contributed by atoms with Crippen molar-refractivity contribution in [2.24, 2.45) is 0 Å². The molecule has 0 spiro atoms. The monoisotopic (exact) mass is 432 g/mol. The number of aromatic nitrogens is 2. The molecule has 0 fully saturated rings. The third-order valence-corrected chi connectivity index (χ3v) is 6.35. The number of oxazole rings is 1. The zero-order valence-corrected chi connectivity index (χ0v) is 17.3. The molecule has 0 unspecified atom stereocenters. The van der Waals surface area contributed by atoms with Crippen LogP contribution in [-0.4, -0.2) is 11.4 Å². The second kappa shape index (κ2) is 6.33. The molecule has 0 bridgehead atoms. The highest BCUT2D eigenvalue weighted by molar-refractivity contribution is 6.59. The Morgan fingerprint density at radius 1 is 0.758 bits per heavy atom. The summed E-state index contributed by atoms with van der Waals surface area (Å²) in [4.78, 5) is 0. The number of benzene rings is 4. The Labute approximate surface area is 187 Å². The first-order valence-corrected chi connectivity index (χ1v) is 10.7. The summed E-state index contributed by atoms with van der Waals surface area (Å²) in [5.41, 5.74) is 4.14. The lowest BCUT2D eigenvalue weighted by atomic mass is 9.90. The normalized spacial score (nSPS) is 13.8.